The molecule has 1 aliphatic rings. The highest BCUT2D eigenvalue weighted by molar-refractivity contribution is 7.89. The van der Waals surface area contributed by atoms with E-state index in [0.29, 0.717) is 35.8 Å². The smallest absolute Gasteiger partial charge is 0.247 e. The number of hydrogen-bond acceptors (Lipinski definition) is 9. The fraction of sp³-hybridized carbons (Fsp3) is 0.273. The van der Waals surface area contributed by atoms with Gasteiger partial charge in [0.25, 0.3) is 0 Å². The number of methoxy groups -OCH3 is 2. The molecule has 1 fully saturated rings. The van der Waals surface area contributed by atoms with Crippen LogP contribution >= 0.6 is 0 Å². The largest absolute Gasteiger partial charge is 0.497 e. The molecule has 0 N–H and O–H groups in total. The molecule has 0 amide bonds. The Balaban J connectivity index is 1.40. The van der Waals surface area contributed by atoms with Gasteiger partial charge in [0.1, 0.15) is 22.7 Å². The monoisotopic (exact) mass is 481 g/mol. The van der Waals surface area contributed by atoms with Crippen LogP contribution in [0.15, 0.2) is 59.8 Å². The van der Waals surface area contributed by atoms with E-state index in [1.165, 1.54) is 30.9 Å². The molecule has 0 saturated carbocycles. The Morgan fingerprint density at radius 3 is 2.38 bits per heavy atom. The van der Waals surface area contributed by atoms with Crippen molar-refractivity contribution in [1.29, 1.82) is 0 Å². The summed E-state index contributed by atoms with van der Waals surface area (Å²) in [6.45, 7) is 1.44. The van der Waals surface area contributed by atoms with Crippen LogP contribution in [0.2, 0.25) is 0 Å². The third kappa shape index (κ3) is 3.80. The Morgan fingerprint density at radius 1 is 0.912 bits per heavy atom. The molecule has 12 heteroatoms. The molecule has 0 radical (unpaired) electrons. The average Bonchev–Trinajstić information content (AvgIpc) is 3.33. The second-order valence-electron chi connectivity index (χ2n) is 7.61. The number of nitrogens with zero attached hydrogens (tertiary/aromatic N) is 7. The van der Waals surface area contributed by atoms with Gasteiger partial charge < -0.3 is 14.4 Å². The molecule has 0 aliphatic carbocycles. The minimum atomic E-state index is -3.78. The van der Waals surface area contributed by atoms with E-state index in [-0.39, 0.29) is 23.7 Å². The Bertz CT molecular complexity index is 1420. The number of aromatic nitrogens is 5. The van der Waals surface area contributed by atoms with Crippen molar-refractivity contribution in [3.05, 3.63) is 54.9 Å². The maximum atomic E-state index is 13.4. The number of anilines is 1. The van der Waals surface area contributed by atoms with Crippen LogP contribution in [0.5, 0.6) is 11.5 Å². The molecule has 0 bridgehead atoms. The van der Waals surface area contributed by atoms with Crippen LogP contribution in [0.4, 0.5) is 5.82 Å². The van der Waals surface area contributed by atoms with Gasteiger partial charge in [-0.05, 0) is 24.3 Å². The predicted molar refractivity (Wildman–Crippen MR) is 125 cm³/mol. The van der Waals surface area contributed by atoms with Crippen LogP contribution in [-0.4, -0.2) is 78.1 Å². The Kier molecular flexibility index (Phi) is 5.75. The molecule has 0 unspecified atom stereocenters. The number of ether oxygens (including phenoxy) is 2. The first-order chi connectivity index (χ1) is 16.5. The zero-order valence-electron chi connectivity index (χ0n) is 18.7. The van der Waals surface area contributed by atoms with Crippen molar-refractivity contribution in [2.45, 2.75) is 4.90 Å². The van der Waals surface area contributed by atoms with Crippen molar-refractivity contribution >= 4 is 27.0 Å². The summed E-state index contributed by atoms with van der Waals surface area (Å²) in [7, 11) is -0.841. The van der Waals surface area contributed by atoms with Gasteiger partial charge in [0.15, 0.2) is 17.0 Å². The normalized spacial score (nSPS) is 14.9. The first kappa shape index (κ1) is 22.0. The summed E-state index contributed by atoms with van der Waals surface area (Å²) in [4.78, 5) is 10.9. The number of rotatable bonds is 6. The van der Waals surface area contributed by atoms with E-state index in [1.807, 2.05) is 35.2 Å². The van der Waals surface area contributed by atoms with Gasteiger partial charge in [-0.2, -0.15) is 8.99 Å². The third-order valence-corrected chi connectivity index (χ3v) is 7.67. The fourth-order valence-electron chi connectivity index (χ4n) is 3.98. The summed E-state index contributed by atoms with van der Waals surface area (Å²) in [5, 5.41) is 8.57. The van der Waals surface area contributed by atoms with E-state index >= 15 is 0 Å². The molecule has 1 aliphatic heterocycles. The maximum absolute atomic E-state index is 13.4. The lowest BCUT2D eigenvalue weighted by Gasteiger charge is -2.34. The van der Waals surface area contributed by atoms with Gasteiger partial charge >= 0.3 is 0 Å². The van der Waals surface area contributed by atoms with Crippen molar-refractivity contribution in [2.75, 3.05) is 45.3 Å². The molecular formula is C22H23N7O4S. The number of fused-ring (bicyclic) bond motifs is 1. The number of sulfonamides is 1. The summed E-state index contributed by atoms with van der Waals surface area (Å²) >= 11 is 0. The van der Waals surface area contributed by atoms with Crippen LogP contribution in [-0.2, 0) is 10.0 Å². The van der Waals surface area contributed by atoms with E-state index in [4.69, 9.17) is 9.47 Å². The lowest BCUT2D eigenvalue weighted by atomic mass is 10.3. The summed E-state index contributed by atoms with van der Waals surface area (Å²) in [5.41, 5.74) is 2.00. The Hall–Kier alpha value is -3.77. The van der Waals surface area contributed by atoms with E-state index in [2.05, 4.69) is 20.3 Å². The first-order valence-corrected chi connectivity index (χ1v) is 12.1. The van der Waals surface area contributed by atoms with Crippen molar-refractivity contribution in [3.8, 4) is 17.2 Å². The number of hydrogen-bond donors (Lipinski definition) is 0. The number of para-hydroxylation sites is 1. The predicted octanol–water partition coefficient (Wildman–Crippen LogP) is 1.74. The van der Waals surface area contributed by atoms with Crippen LogP contribution in [0.3, 0.4) is 0 Å². The van der Waals surface area contributed by atoms with Crippen molar-refractivity contribution in [2.24, 2.45) is 0 Å². The van der Waals surface area contributed by atoms with Gasteiger partial charge in [-0.3, -0.25) is 0 Å². The second kappa shape index (κ2) is 8.88. The summed E-state index contributed by atoms with van der Waals surface area (Å²) in [6.07, 6.45) is 1.48. The maximum Gasteiger partial charge on any atom is 0.247 e. The molecule has 34 heavy (non-hydrogen) atoms. The molecule has 1 saturated heterocycles. The zero-order chi connectivity index (χ0) is 23.7. The molecule has 4 aromatic rings. The van der Waals surface area contributed by atoms with Crippen LogP contribution in [0.25, 0.3) is 16.9 Å². The number of benzene rings is 2. The molecule has 5 rings (SSSR count). The standard InChI is InChI=1S/C22H23N7O4S/c1-32-17-8-9-18(33-2)19(14-17)34(30,31)28-12-10-27(11-13-28)21-20-22(24-15-23-21)29(26-25-20)16-6-4-3-5-7-16/h3-9,14-15H,10-13H2,1-2H3. The average molecular weight is 482 g/mol. The Morgan fingerprint density at radius 2 is 1.68 bits per heavy atom. The molecular weight excluding hydrogens is 458 g/mol. The fourth-order valence-corrected chi connectivity index (χ4v) is 5.57. The topological polar surface area (TPSA) is 116 Å². The molecule has 3 heterocycles. The highest BCUT2D eigenvalue weighted by atomic mass is 32.2. The molecule has 2 aromatic carbocycles. The van der Waals surface area contributed by atoms with Crippen LogP contribution in [0, 0.1) is 0 Å². The van der Waals surface area contributed by atoms with Crippen molar-refractivity contribution in [3.63, 3.8) is 0 Å². The summed E-state index contributed by atoms with van der Waals surface area (Å²) < 4.78 is 40.4. The lowest BCUT2D eigenvalue weighted by molar-refractivity contribution is 0.370. The molecule has 0 atom stereocenters. The SMILES string of the molecule is COc1ccc(OC)c(S(=O)(=O)N2CCN(c3ncnc4c3nnn4-c3ccccc3)CC2)c1. The van der Waals surface area contributed by atoms with Crippen LogP contribution < -0.4 is 14.4 Å². The molecule has 11 nitrogen and oxygen atoms in total. The lowest BCUT2D eigenvalue weighted by Crippen LogP contribution is -2.49. The van der Waals surface area contributed by atoms with E-state index in [9.17, 15) is 8.42 Å². The van der Waals surface area contributed by atoms with E-state index in [0.717, 1.165) is 5.69 Å². The second-order valence-corrected chi connectivity index (χ2v) is 9.52. The van der Waals surface area contributed by atoms with Gasteiger partial charge in [-0.15, -0.1) is 5.10 Å². The quantitative estimate of drug-likeness (QED) is 0.406. The van der Waals surface area contributed by atoms with E-state index in [1.54, 1.807) is 16.8 Å². The van der Waals surface area contributed by atoms with Gasteiger partial charge in [-0.25, -0.2) is 18.4 Å². The van der Waals surface area contributed by atoms with Crippen molar-refractivity contribution < 1.29 is 17.9 Å². The third-order valence-electron chi connectivity index (χ3n) is 5.75. The minimum Gasteiger partial charge on any atom is -0.497 e. The van der Waals surface area contributed by atoms with Gasteiger partial charge in [0.05, 0.1) is 19.9 Å². The van der Waals surface area contributed by atoms with Gasteiger partial charge in [0.2, 0.25) is 10.0 Å². The van der Waals surface area contributed by atoms with Crippen molar-refractivity contribution in [1.82, 2.24) is 29.3 Å². The zero-order valence-corrected chi connectivity index (χ0v) is 19.5. The summed E-state index contributed by atoms with van der Waals surface area (Å²) in [6, 6.07) is 14.4. The van der Waals surface area contributed by atoms with E-state index < -0.39 is 10.0 Å². The summed E-state index contributed by atoms with van der Waals surface area (Å²) in [5.74, 6) is 1.35. The highest BCUT2D eigenvalue weighted by Gasteiger charge is 2.32. The number of piperazine rings is 1. The molecule has 0 spiro atoms. The minimum absolute atomic E-state index is 0.0815. The first-order valence-electron chi connectivity index (χ1n) is 10.6. The van der Waals surface area contributed by atoms with Gasteiger partial charge in [-0.1, -0.05) is 23.4 Å². The van der Waals surface area contributed by atoms with Crippen LogP contribution in [0.1, 0.15) is 0 Å². The highest BCUT2D eigenvalue weighted by Crippen LogP contribution is 2.32. The van der Waals surface area contributed by atoms with Gasteiger partial charge in [0, 0.05) is 32.2 Å². The molecule has 176 valence electrons. The Labute approximate surface area is 196 Å². The molecule has 2 aromatic heterocycles.